The van der Waals surface area contributed by atoms with Gasteiger partial charge in [-0.15, -0.1) is 0 Å². The molecule has 0 unspecified atom stereocenters. The molecule has 1 N–H and O–H groups in total. The van der Waals surface area contributed by atoms with Crippen LogP contribution in [-0.4, -0.2) is 75.8 Å². The van der Waals surface area contributed by atoms with E-state index >= 15 is 0 Å². The Morgan fingerprint density at radius 1 is 0.905 bits per heavy atom. The molecule has 1 aliphatic heterocycles. The maximum Gasteiger partial charge on any atom is 0.259 e. The maximum absolute atomic E-state index is 13.5. The van der Waals surface area contributed by atoms with Crippen LogP contribution < -0.4 is 15.0 Å². The molecule has 3 aromatic carbocycles. The van der Waals surface area contributed by atoms with E-state index in [2.05, 4.69) is 45.7 Å². The van der Waals surface area contributed by atoms with Gasteiger partial charge in [-0.1, -0.05) is 32.0 Å². The minimum atomic E-state index is -0.187. The summed E-state index contributed by atoms with van der Waals surface area (Å²) in [5.74, 6) is 2.04. The second kappa shape index (κ2) is 12.3. The lowest BCUT2D eigenvalue weighted by atomic mass is 10.1. The van der Waals surface area contributed by atoms with Crippen LogP contribution in [0.1, 0.15) is 31.4 Å². The van der Waals surface area contributed by atoms with Crippen LogP contribution in [0.5, 0.6) is 11.5 Å². The molecule has 9 heteroatoms. The highest BCUT2D eigenvalue weighted by atomic mass is 16.5. The summed E-state index contributed by atoms with van der Waals surface area (Å²) in [6, 6.07) is 18.0. The van der Waals surface area contributed by atoms with Gasteiger partial charge in [-0.05, 0) is 60.5 Å². The molecule has 9 nitrogen and oxygen atoms in total. The van der Waals surface area contributed by atoms with Gasteiger partial charge in [0, 0.05) is 39.3 Å². The predicted molar refractivity (Wildman–Crippen MR) is 166 cm³/mol. The molecule has 0 atom stereocenters. The molecule has 0 spiro atoms. The number of hydrogen-bond acceptors (Lipinski definition) is 7. The van der Waals surface area contributed by atoms with E-state index in [-0.39, 0.29) is 5.56 Å². The number of nitrogens with zero attached hydrogens (tertiary/aromatic N) is 5. The van der Waals surface area contributed by atoms with Crippen molar-refractivity contribution in [2.24, 2.45) is 0 Å². The van der Waals surface area contributed by atoms with Gasteiger partial charge in [0.2, 0.25) is 0 Å². The fraction of sp³-hybridized carbons (Fsp3) is 0.364. The van der Waals surface area contributed by atoms with Crippen LogP contribution in [0, 0.1) is 0 Å². The second-order valence-electron chi connectivity index (χ2n) is 10.9. The second-order valence-corrected chi connectivity index (χ2v) is 10.9. The van der Waals surface area contributed by atoms with Crippen LogP contribution in [-0.2, 0) is 13.1 Å². The highest BCUT2D eigenvalue weighted by Gasteiger charge is 2.18. The number of ether oxygens (including phenoxy) is 2. The van der Waals surface area contributed by atoms with Gasteiger partial charge < -0.3 is 23.9 Å². The average molecular weight is 567 g/mol. The topological polar surface area (TPSA) is 88.5 Å². The summed E-state index contributed by atoms with van der Waals surface area (Å²) in [5, 5.41) is 0.527. The first-order valence-electron chi connectivity index (χ1n) is 14.8. The number of rotatable bonds is 10. The Bertz CT molecular complexity index is 1750. The van der Waals surface area contributed by atoms with Gasteiger partial charge >= 0.3 is 0 Å². The number of fused-ring (bicyclic) bond motifs is 2. The van der Waals surface area contributed by atoms with Gasteiger partial charge in [-0.2, -0.15) is 0 Å². The number of piperazine rings is 1. The molecule has 0 aliphatic carbocycles. The third kappa shape index (κ3) is 5.89. The Morgan fingerprint density at radius 2 is 1.71 bits per heavy atom. The summed E-state index contributed by atoms with van der Waals surface area (Å²) in [6.07, 6.45) is 2.69. The Morgan fingerprint density at radius 3 is 2.50 bits per heavy atom. The van der Waals surface area contributed by atoms with Gasteiger partial charge in [0.1, 0.15) is 17.3 Å². The third-order valence-electron chi connectivity index (χ3n) is 8.01. The summed E-state index contributed by atoms with van der Waals surface area (Å²) >= 11 is 0. The lowest BCUT2D eigenvalue weighted by Gasteiger charge is -2.34. The van der Waals surface area contributed by atoms with Crippen molar-refractivity contribution in [3.05, 3.63) is 82.4 Å². The summed E-state index contributed by atoms with van der Waals surface area (Å²) in [5.41, 5.74) is 5.15. The zero-order valence-corrected chi connectivity index (χ0v) is 24.6. The number of imidazole rings is 1. The molecule has 3 heterocycles. The summed E-state index contributed by atoms with van der Waals surface area (Å²) in [4.78, 5) is 31.1. The van der Waals surface area contributed by atoms with Gasteiger partial charge in [-0.3, -0.25) is 9.69 Å². The minimum Gasteiger partial charge on any atom is -0.497 e. The molecule has 2 aromatic heterocycles. The van der Waals surface area contributed by atoms with E-state index in [0.717, 1.165) is 79.3 Å². The van der Waals surface area contributed by atoms with Gasteiger partial charge in [0.15, 0.2) is 0 Å². The summed E-state index contributed by atoms with van der Waals surface area (Å²) < 4.78 is 13.5. The Hall–Kier alpha value is -4.21. The molecule has 6 rings (SSSR count). The van der Waals surface area contributed by atoms with Crippen LogP contribution >= 0.6 is 0 Å². The number of nitrogens with one attached hydrogen (secondary N) is 1. The third-order valence-corrected chi connectivity index (χ3v) is 8.01. The Labute approximate surface area is 245 Å². The zero-order valence-electron chi connectivity index (χ0n) is 24.6. The van der Waals surface area contributed by atoms with E-state index in [0.29, 0.717) is 29.9 Å². The monoisotopic (exact) mass is 566 g/mol. The molecule has 0 saturated carbocycles. The smallest absolute Gasteiger partial charge is 0.259 e. The molecule has 1 saturated heterocycles. The van der Waals surface area contributed by atoms with Crippen molar-refractivity contribution >= 4 is 21.9 Å². The highest BCUT2D eigenvalue weighted by molar-refractivity contribution is 5.93. The molecule has 0 amide bonds. The highest BCUT2D eigenvalue weighted by Crippen LogP contribution is 2.31. The van der Waals surface area contributed by atoms with E-state index in [1.807, 2.05) is 47.0 Å². The standard InChI is InChI=1S/C33H38N6O3/c1-4-15-42-31-10-9-24(20-38-13-11-37(5-2)12-14-38)17-27(31)32-35-28-19-29-30(18-26(28)33(40)36-32)39(22-34-29)21-23-7-6-8-25(16-23)41-3/h6-10,16-19,22H,4-5,11-15,20-21H2,1-3H3,(H,35,36,40). The predicted octanol–water partition coefficient (Wildman–Crippen LogP) is 4.92. The van der Waals surface area contributed by atoms with Gasteiger partial charge in [0.25, 0.3) is 5.56 Å². The van der Waals surface area contributed by atoms with E-state index in [1.54, 1.807) is 13.4 Å². The quantitative estimate of drug-likeness (QED) is 0.257. The normalized spacial score (nSPS) is 14.5. The van der Waals surface area contributed by atoms with Crippen molar-refractivity contribution in [2.75, 3.05) is 46.4 Å². The summed E-state index contributed by atoms with van der Waals surface area (Å²) in [6.45, 7) is 11.7. The lowest BCUT2D eigenvalue weighted by molar-refractivity contribution is 0.132. The number of methoxy groups -OCH3 is 1. The number of hydrogen-bond donors (Lipinski definition) is 1. The minimum absolute atomic E-state index is 0.187. The van der Waals surface area contributed by atoms with Crippen LogP contribution in [0.25, 0.3) is 33.3 Å². The molecular formula is C33H38N6O3. The molecule has 42 heavy (non-hydrogen) atoms. The number of likely N-dealkylation sites (N-methyl/N-ethyl adjacent to an activating group) is 1. The van der Waals surface area contributed by atoms with Gasteiger partial charge in [0.05, 0.1) is 47.5 Å². The largest absolute Gasteiger partial charge is 0.497 e. The zero-order chi connectivity index (χ0) is 29.1. The SMILES string of the molecule is CCCOc1ccc(CN2CCN(CC)CC2)cc1-c1nc2cc3ncn(Cc4cccc(OC)c4)c3cc2c(=O)[nH]1. The van der Waals surface area contributed by atoms with Crippen molar-refractivity contribution in [3.8, 4) is 22.9 Å². The Kier molecular flexibility index (Phi) is 8.21. The molecule has 5 aromatic rings. The number of benzene rings is 3. The number of H-pyrrole nitrogens is 1. The molecule has 1 aliphatic rings. The van der Waals surface area contributed by atoms with Crippen molar-refractivity contribution in [2.45, 2.75) is 33.4 Å². The fourth-order valence-corrected chi connectivity index (χ4v) is 5.63. The molecular weight excluding hydrogens is 528 g/mol. The van der Waals surface area contributed by atoms with Crippen molar-refractivity contribution in [1.29, 1.82) is 0 Å². The van der Waals surface area contributed by atoms with E-state index in [1.165, 1.54) is 5.56 Å². The average Bonchev–Trinajstić information content (AvgIpc) is 3.41. The van der Waals surface area contributed by atoms with Crippen molar-refractivity contribution < 1.29 is 9.47 Å². The van der Waals surface area contributed by atoms with Crippen molar-refractivity contribution in [3.63, 3.8) is 0 Å². The Balaban J connectivity index is 1.34. The van der Waals surface area contributed by atoms with E-state index < -0.39 is 0 Å². The van der Waals surface area contributed by atoms with Crippen molar-refractivity contribution in [1.82, 2.24) is 29.3 Å². The lowest BCUT2D eigenvalue weighted by Crippen LogP contribution is -2.45. The molecule has 0 bridgehead atoms. The fourth-order valence-electron chi connectivity index (χ4n) is 5.63. The first-order chi connectivity index (χ1) is 20.5. The molecule has 1 fully saturated rings. The van der Waals surface area contributed by atoms with E-state index in [4.69, 9.17) is 14.5 Å². The van der Waals surface area contributed by atoms with Crippen LogP contribution in [0.15, 0.2) is 65.7 Å². The van der Waals surface area contributed by atoms with Crippen LogP contribution in [0.2, 0.25) is 0 Å². The van der Waals surface area contributed by atoms with Crippen LogP contribution in [0.4, 0.5) is 0 Å². The van der Waals surface area contributed by atoms with E-state index in [9.17, 15) is 4.79 Å². The van der Waals surface area contributed by atoms with Gasteiger partial charge in [-0.25, -0.2) is 9.97 Å². The summed E-state index contributed by atoms with van der Waals surface area (Å²) in [7, 11) is 1.66. The number of aromatic amines is 1. The molecule has 218 valence electrons. The maximum atomic E-state index is 13.5. The first-order valence-corrected chi connectivity index (χ1v) is 14.8. The first kappa shape index (κ1) is 27.9. The molecule has 0 radical (unpaired) electrons. The number of aromatic nitrogens is 4. The van der Waals surface area contributed by atoms with Crippen LogP contribution in [0.3, 0.4) is 0 Å².